The van der Waals surface area contributed by atoms with Crippen LogP contribution in [0.5, 0.6) is 0 Å². The number of nitrogens with one attached hydrogen (secondary N) is 1. The maximum Gasteiger partial charge on any atom is 0.0104 e. The molecular weight excluding hydrogens is 146 g/mol. The van der Waals surface area contributed by atoms with Crippen LogP contribution in [0.15, 0.2) is 24.8 Å². The lowest BCUT2D eigenvalue weighted by Gasteiger charge is -2.18. The van der Waals surface area contributed by atoms with Crippen LogP contribution in [-0.2, 0) is 0 Å². The highest BCUT2D eigenvalue weighted by atomic mass is 14.9. The molecule has 0 bridgehead atoms. The van der Waals surface area contributed by atoms with Gasteiger partial charge in [-0.05, 0) is 38.6 Å². The first-order chi connectivity index (χ1) is 5.93. The maximum atomic E-state index is 3.71. The summed E-state index contributed by atoms with van der Waals surface area (Å²) in [7, 11) is 0. The van der Waals surface area contributed by atoms with Gasteiger partial charge in [0.1, 0.15) is 0 Å². The van der Waals surface area contributed by atoms with Crippen molar-refractivity contribution in [2.24, 2.45) is 0 Å². The lowest BCUT2D eigenvalue weighted by Crippen LogP contribution is -2.30. The van der Waals surface area contributed by atoms with Crippen molar-refractivity contribution in [3.63, 3.8) is 0 Å². The topological polar surface area (TPSA) is 12.0 Å². The third-order valence-electron chi connectivity index (χ3n) is 2.29. The summed E-state index contributed by atoms with van der Waals surface area (Å²) in [6.07, 6.45) is 12.7. The van der Waals surface area contributed by atoms with E-state index in [1.807, 2.05) is 6.08 Å². The van der Waals surface area contributed by atoms with Gasteiger partial charge in [-0.1, -0.05) is 18.2 Å². The monoisotopic (exact) mass is 165 g/mol. The molecule has 0 aromatic rings. The van der Waals surface area contributed by atoms with E-state index in [0.29, 0.717) is 0 Å². The van der Waals surface area contributed by atoms with E-state index in [2.05, 4.69) is 24.0 Å². The summed E-state index contributed by atoms with van der Waals surface area (Å²) in [6, 6.07) is 0.736. The third-order valence-corrected chi connectivity index (χ3v) is 2.29. The van der Waals surface area contributed by atoms with Gasteiger partial charge in [-0.3, -0.25) is 0 Å². The second-order valence-electron chi connectivity index (χ2n) is 3.37. The number of rotatable bonds is 5. The van der Waals surface area contributed by atoms with Crippen LogP contribution in [-0.4, -0.2) is 12.6 Å². The Balaban J connectivity index is 1.99. The molecule has 1 aliphatic carbocycles. The van der Waals surface area contributed by atoms with E-state index < -0.39 is 0 Å². The Morgan fingerprint density at radius 3 is 3.08 bits per heavy atom. The number of hydrogen-bond acceptors (Lipinski definition) is 1. The first kappa shape index (κ1) is 9.53. The van der Waals surface area contributed by atoms with E-state index in [1.165, 1.54) is 25.7 Å². The quantitative estimate of drug-likeness (QED) is 0.488. The summed E-state index contributed by atoms with van der Waals surface area (Å²) in [4.78, 5) is 0. The van der Waals surface area contributed by atoms with Gasteiger partial charge < -0.3 is 5.32 Å². The van der Waals surface area contributed by atoms with Crippen LogP contribution in [0.3, 0.4) is 0 Å². The average molecular weight is 165 g/mol. The fraction of sp³-hybridized carbons (Fsp3) is 0.636. The molecule has 0 aromatic heterocycles. The molecule has 1 heteroatoms. The highest BCUT2D eigenvalue weighted by Gasteiger charge is 2.07. The van der Waals surface area contributed by atoms with Gasteiger partial charge in [0.25, 0.3) is 0 Å². The molecule has 0 saturated carbocycles. The lowest BCUT2D eigenvalue weighted by atomic mass is 10.0. The second kappa shape index (κ2) is 6.01. The minimum Gasteiger partial charge on any atom is -0.314 e. The molecule has 12 heavy (non-hydrogen) atoms. The molecule has 1 aliphatic rings. The second-order valence-corrected chi connectivity index (χ2v) is 3.37. The molecular formula is C11H19N. The molecule has 0 heterocycles. The molecule has 1 rings (SSSR count). The van der Waals surface area contributed by atoms with Crippen molar-refractivity contribution in [3.8, 4) is 0 Å². The Morgan fingerprint density at radius 2 is 2.42 bits per heavy atom. The van der Waals surface area contributed by atoms with Gasteiger partial charge in [0.05, 0.1) is 0 Å². The predicted octanol–water partition coefficient (Wildman–Crippen LogP) is 2.65. The fourth-order valence-electron chi connectivity index (χ4n) is 1.53. The third kappa shape index (κ3) is 3.72. The van der Waals surface area contributed by atoms with Crippen LogP contribution in [0.2, 0.25) is 0 Å². The van der Waals surface area contributed by atoms with Crippen molar-refractivity contribution < 1.29 is 0 Å². The first-order valence-electron chi connectivity index (χ1n) is 4.93. The summed E-state index contributed by atoms with van der Waals surface area (Å²) in [5, 5.41) is 3.56. The summed E-state index contributed by atoms with van der Waals surface area (Å²) < 4.78 is 0. The smallest absolute Gasteiger partial charge is 0.0104 e. The average Bonchev–Trinajstić information content (AvgIpc) is 2.14. The van der Waals surface area contributed by atoms with Gasteiger partial charge in [-0.15, -0.1) is 6.58 Å². The van der Waals surface area contributed by atoms with E-state index in [4.69, 9.17) is 0 Å². The molecule has 0 spiro atoms. The molecule has 0 aliphatic heterocycles. The number of allylic oxidation sites excluding steroid dienone is 2. The van der Waals surface area contributed by atoms with E-state index in [-0.39, 0.29) is 0 Å². The molecule has 0 amide bonds. The van der Waals surface area contributed by atoms with Crippen molar-refractivity contribution in [2.45, 2.75) is 38.1 Å². The first-order valence-corrected chi connectivity index (χ1v) is 4.93. The predicted molar refractivity (Wildman–Crippen MR) is 54.2 cm³/mol. The van der Waals surface area contributed by atoms with Crippen molar-refractivity contribution >= 4 is 0 Å². The number of unbranched alkanes of at least 4 members (excludes halogenated alkanes) is 1. The maximum absolute atomic E-state index is 3.71. The molecule has 0 saturated heterocycles. The molecule has 68 valence electrons. The molecule has 0 radical (unpaired) electrons. The van der Waals surface area contributed by atoms with Gasteiger partial charge in [-0.25, -0.2) is 0 Å². The van der Waals surface area contributed by atoms with E-state index >= 15 is 0 Å². The van der Waals surface area contributed by atoms with Crippen molar-refractivity contribution in [2.75, 3.05) is 6.54 Å². The molecule has 0 fully saturated rings. The highest BCUT2D eigenvalue weighted by molar-refractivity contribution is 4.92. The van der Waals surface area contributed by atoms with Crippen molar-refractivity contribution in [3.05, 3.63) is 24.8 Å². The molecule has 1 nitrogen and oxygen atoms in total. The number of hydrogen-bond donors (Lipinski definition) is 1. The van der Waals surface area contributed by atoms with Crippen LogP contribution >= 0.6 is 0 Å². The van der Waals surface area contributed by atoms with Gasteiger partial charge in [0.15, 0.2) is 0 Å². The summed E-state index contributed by atoms with van der Waals surface area (Å²) >= 11 is 0. The Bertz CT molecular complexity index is 149. The minimum atomic E-state index is 0.736. The van der Waals surface area contributed by atoms with Gasteiger partial charge in [0.2, 0.25) is 0 Å². The largest absolute Gasteiger partial charge is 0.314 e. The van der Waals surface area contributed by atoms with Crippen LogP contribution < -0.4 is 5.32 Å². The van der Waals surface area contributed by atoms with Gasteiger partial charge in [-0.2, -0.15) is 0 Å². The Labute approximate surface area is 75.6 Å². The highest BCUT2D eigenvalue weighted by Crippen LogP contribution is 2.10. The molecule has 1 atom stereocenters. The van der Waals surface area contributed by atoms with Gasteiger partial charge in [0, 0.05) is 6.04 Å². The zero-order valence-corrected chi connectivity index (χ0v) is 7.76. The van der Waals surface area contributed by atoms with E-state index in [9.17, 15) is 0 Å². The van der Waals surface area contributed by atoms with Crippen LogP contribution in [0.25, 0.3) is 0 Å². The van der Waals surface area contributed by atoms with Crippen molar-refractivity contribution in [1.29, 1.82) is 0 Å². The molecule has 0 aromatic carbocycles. The van der Waals surface area contributed by atoms with Crippen LogP contribution in [0.1, 0.15) is 32.1 Å². The zero-order chi connectivity index (χ0) is 8.65. The Morgan fingerprint density at radius 1 is 1.50 bits per heavy atom. The normalized spacial score (nSPS) is 22.5. The summed E-state index contributed by atoms with van der Waals surface area (Å²) in [5.74, 6) is 0. The zero-order valence-electron chi connectivity index (χ0n) is 7.76. The van der Waals surface area contributed by atoms with E-state index in [1.54, 1.807) is 0 Å². The van der Waals surface area contributed by atoms with Gasteiger partial charge >= 0.3 is 0 Å². The van der Waals surface area contributed by atoms with Crippen molar-refractivity contribution in [1.82, 2.24) is 5.32 Å². The van der Waals surface area contributed by atoms with Crippen LogP contribution in [0, 0.1) is 0 Å². The molecule has 1 unspecified atom stereocenters. The lowest BCUT2D eigenvalue weighted by molar-refractivity contribution is 0.471. The Hall–Kier alpha value is -0.560. The van der Waals surface area contributed by atoms with E-state index in [0.717, 1.165) is 19.0 Å². The fourth-order valence-corrected chi connectivity index (χ4v) is 1.53. The SMILES string of the molecule is C=CCCCNC1CC=CCC1. The summed E-state index contributed by atoms with van der Waals surface area (Å²) in [5.41, 5.74) is 0. The molecule has 1 N–H and O–H groups in total. The Kier molecular flexibility index (Phi) is 4.77. The summed E-state index contributed by atoms with van der Waals surface area (Å²) in [6.45, 7) is 4.85. The van der Waals surface area contributed by atoms with Crippen LogP contribution in [0.4, 0.5) is 0 Å². The minimum absolute atomic E-state index is 0.736. The standard InChI is InChI=1S/C11H19N/c1-2-3-7-10-12-11-8-5-4-6-9-11/h2,4-5,11-12H,1,3,6-10H2.